The number of amides is 7. The predicted octanol–water partition coefficient (Wildman–Crippen LogP) is 6.55. The molecule has 0 aliphatic heterocycles. The van der Waals surface area contributed by atoms with Crippen molar-refractivity contribution in [3.05, 3.63) is 207 Å². The Kier molecular flexibility index (Phi) is 28.6. The SMILES string of the molecule is CN(c1ccc(F)cc1)S(=O)(=O)c1cc(C(N)=O)c(NC(=O)c2ccn[nH]2)s1.CNc1ccc(F)cc1.NC(=O)c1cc(S(=O)(=O)Cl)sc1NC(=O)c1ccn[nH]1.NC(=O)c1ccsc1N.NC(=O)c1ccsc1NC(=O)c1ccn[nH]1.O=C(Cl)c1cn[nH]c1.O=C(O)c1cn[nH]c1. The summed E-state index contributed by atoms with van der Waals surface area (Å²) in [6, 6.07) is 20.7. The number of sulfonamides is 1. The van der Waals surface area contributed by atoms with Gasteiger partial charge in [-0.2, -0.15) is 25.5 Å². The number of nitrogens with zero attached hydrogens (tertiary/aromatic N) is 6. The number of carbonyl (C=O) groups is 9. The average molecular weight is 1500 g/mol. The van der Waals surface area contributed by atoms with Crippen molar-refractivity contribution in [3.8, 4) is 0 Å². The van der Waals surface area contributed by atoms with Crippen molar-refractivity contribution in [2.45, 2.75) is 8.42 Å². The molecule has 11 rings (SSSR count). The number of halogens is 4. The van der Waals surface area contributed by atoms with E-state index in [4.69, 9.17) is 56.1 Å². The van der Waals surface area contributed by atoms with Crippen LogP contribution in [0.4, 0.5) is 40.2 Å². The van der Waals surface area contributed by atoms with Gasteiger partial charge in [0.05, 0.1) is 56.5 Å². The fraction of sp³-hybridized carbons (Fsp3) is 0.0370. The number of aromatic nitrogens is 10. The predicted molar refractivity (Wildman–Crippen MR) is 361 cm³/mol. The van der Waals surface area contributed by atoms with E-state index in [-0.39, 0.29) is 63.9 Å². The minimum atomic E-state index is -4.08. The van der Waals surface area contributed by atoms with E-state index in [1.54, 1.807) is 42.1 Å². The van der Waals surface area contributed by atoms with Crippen LogP contribution in [-0.2, 0) is 19.1 Å². The zero-order valence-corrected chi connectivity index (χ0v) is 56.1. The van der Waals surface area contributed by atoms with Gasteiger partial charge in [0.25, 0.3) is 65.7 Å². The number of benzene rings is 2. The van der Waals surface area contributed by atoms with E-state index in [1.807, 2.05) is 0 Å². The Hall–Kier alpha value is -11.5. The number of hydrogen-bond donors (Lipinski definition) is 15. The quantitative estimate of drug-likeness (QED) is 0.0429. The van der Waals surface area contributed by atoms with Crippen LogP contribution in [0.2, 0.25) is 0 Å². The number of rotatable bonds is 17. The molecule has 514 valence electrons. The normalized spacial score (nSPS) is 10.3. The molecule has 11 aromatic rings. The first-order valence-electron chi connectivity index (χ1n) is 26.1. The van der Waals surface area contributed by atoms with Gasteiger partial charge < -0.3 is 55.0 Å². The Morgan fingerprint density at radius 2 is 0.959 bits per heavy atom. The molecule has 9 aromatic heterocycles. The van der Waals surface area contributed by atoms with E-state index < -0.39 is 71.5 Å². The molecule has 34 nitrogen and oxygen atoms in total. The zero-order chi connectivity index (χ0) is 72.4. The van der Waals surface area contributed by atoms with Gasteiger partial charge in [-0.05, 0) is 113 Å². The minimum absolute atomic E-state index is 0.00340. The maximum absolute atomic E-state index is 13.1. The molecule has 0 aliphatic carbocycles. The fourth-order valence-electron chi connectivity index (χ4n) is 6.59. The van der Waals surface area contributed by atoms with Crippen molar-refractivity contribution in [3.63, 3.8) is 0 Å². The highest BCUT2D eigenvalue weighted by atomic mass is 35.7. The van der Waals surface area contributed by atoms with Gasteiger partial charge in [0.1, 0.15) is 52.1 Å². The van der Waals surface area contributed by atoms with Crippen LogP contribution in [0.1, 0.15) is 93.6 Å². The number of aromatic carboxylic acids is 1. The van der Waals surface area contributed by atoms with Crippen molar-refractivity contribution in [1.29, 1.82) is 0 Å². The highest BCUT2D eigenvalue weighted by Gasteiger charge is 2.29. The Balaban J connectivity index is 0.000000218. The number of H-pyrrole nitrogens is 5. The highest BCUT2D eigenvalue weighted by molar-refractivity contribution is 8.15. The Morgan fingerprint density at radius 3 is 1.30 bits per heavy atom. The topological polar surface area (TPSA) is 567 Å². The molecule has 44 heteroatoms. The lowest BCUT2D eigenvalue weighted by Gasteiger charge is -2.18. The number of carboxylic acid groups (broad SMARTS) is 1. The van der Waals surface area contributed by atoms with E-state index >= 15 is 0 Å². The minimum Gasteiger partial charge on any atom is -0.478 e. The number of carboxylic acids is 1. The molecule has 0 saturated carbocycles. The van der Waals surface area contributed by atoms with Gasteiger partial charge in [0.2, 0.25) is 0 Å². The summed E-state index contributed by atoms with van der Waals surface area (Å²) < 4.78 is 73.9. The van der Waals surface area contributed by atoms with Gasteiger partial charge in [-0.1, -0.05) is 0 Å². The van der Waals surface area contributed by atoms with E-state index in [1.165, 1.54) is 116 Å². The summed E-state index contributed by atoms with van der Waals surface area (Å²) in [5.41, 5.74) is 28.6. The van der Waals surface area contributed by atoms with Crippen LogP contribution in [0.5, 0.6) is 0 Å². The van der Waals surface area contributed by atoms with Crippen LogP contribution in [0.25, 0.3) is 0 Å². The number of nitrogens with two attached hydrogens (primary N) is 5. The number of nitrogens with one attached hydrogen (secondary N) is 9. The molecular formula is C54H50Cl2F2N20O14S6. The molecule has 7 amide bonds. The third-order valence-corrected chi connectivity index (χ3v) is 19.6. The summed E-state index contributed by atoms with van der Waals surface area (Å²) in [6.07, 6.45) is 9.59. The summed E-state index contributed by atoms with van der Waals surface area (Å²) in [7, 11) is 0.176. The van der Waals surface area contributed by atoms with E-state index in [2.05, 4.69) is 72.3 Å². The number of thiophene rings is 4. The first-order valence-corrected chi connectivity index (χ1v) is 33.7. The summed E-state index contributed by atoms with van der Waals surface area (Å²) in [4.78, 5) is 100. The lowest BCUT2D eigenvalue weighted by Crippen LogP contribution is -2.25. The Bertz CT molecular complexity index is 4680. The second-order valence-corrected chi connectivity index (χ2v) is 27.2. The highest BCUT2D eigenvalue weighted by Crippen LogP contribution is 2.36. The van der Waals surface area contributed by atoms with Crippen LogP contribution >= 0.6 is 67.6 Å². The number of hydrogen-bond acceptors (Lipinski definition) is 24. The summed E-state index contributed by atoms with van der Waals surface area (Å²) in [5.74, 6) is -6.05. The summed E-state index contributed by atoms with van der Waals surface area (Å²) >= 11 is 8.90. The van der Waals surface area contributed by atoms with Gasteiger partial charge in [-0.15, -0.1) is 45.3 Å². The second-order valence-electron chi connectivity index (χ2n) is 17.9. The molecule has 98 heavy (non-hydrogen) atoms. The van der Waals surface area contributed by atoms with Crippen LogP contribution in [0, 0.1) is 11.6 Å². The van der Waals surface area contributed by atoms with Crippen molar-refractivity contribution in [2.75, 3.05) is 45.4 Å². The molecule has 2 aromatic carbocycles. The van der Waals surface area contributed by atoms with Gasteiger partial charge in [0.15, 0.2) is 0 Å². The van der Waals surface area contributed by atoms with Crippen LogP contribution in [0.15, 0.2) is 154 Å². The number of primary amides is 4. The van der Waals surface area contributed by atoms with Crippen molar-refractivity contribution >= 4 is 171 Å². The molecule has 0 spiro atoms. The smallest absolute Gasteiger partial charge is 0.338 e. The average Bonchev–Trinajstić information content (AvgIpc) is 1.62. The molecule has 9 heterocycles. The van der Waals surface area contributed by atoms with Crippen molar-refractivity contribution < 1.29 is 73.9 Å². The van der Waals surface area contributed by atoms with Crippen molar-refractivity contribution in [1.82, 2.24) is 51.0 Å². The molecule has 0 aliphatic rings. The van der Waals surface area contributed by atoms with Crippen LogP contribution in [0.3, 0.4) is 0 Å². The standard InChI is InChI=1S/C16H14FN5O4S2.C9H7ClN4O4S2.C9H8N4O2S.C7H8FN.C5H6N2OS.C4H3ClN2O.C4H4N2O2/c1-22(10-4-2-9(17)3-5-10)28(25,26)13-8-11(14(18)23)16(27-13)20-15(24)12-6-7-19-21-12;10-20(17,18)6-3-4(7(11)15)9(19-6)13-8(16)5-1-2-12-14-5;10-7(14)5-2-4-16-9(5)12-8(15)6-1-3-11-13-6;1-9-7-4-2-6(8)3-5-7;6-4(8)3-1-2-9-5(3)7;5-4(8)3-1-6-7-2-3;7-4(8)3-1-5-6-2-3/h2-8H,1H3,(H2,18,23)(H,19,21)(H,20,24);1-3H,(H2,11,15)(H,12,14)(H,13,16);1-4H,(H2,10,14)(H,11,13)(H,12,15);2-5,9H,1H3;1-2H,7H2,(H2,6,8);1-2H,(H,6,7);1-2H,(H,5,6)(H,7,8). The van der Waals surface area contributed by atoms with Crippen LogP contribution < -0.4 is 54.2 Å². The third kappa shape index (κ3) is 23.1. The van der Waals surface area contributed by atoms with E-state index in [9.17, 15) is 68.8 Å². The molecular weight excluding hydrogens is 1450 g/mol. The van der Waals surface area contributed by atoms with Gasteiger partial charge in [0, 0.05) is 61.4 Å². The van der Waals surface area contributed by atoms with E-state index in [0.717, 1.165) is 34.3 Å². The zero-order valence-electron chi connectivity index (χ0n) is 49.6. The van der Waals surface area contributed by atoms with Gasteiger partial charge in [-0.3, -0.25) is 68.2 Å². The maximum atomic E-state index is 13.1. The Morgan fingerprint density at radius 1 is 0.551 bits per heavy atom. The number of anilines is 6. The maximum Gasteiger partial charge on any atom is 0.338 e. The number of nitrogen functional groups attached to an aromatic ring is 1. The van der Waals surface area contributed by atoms with Gasteiger partial charge in [-0.25, -0.2) is 30.4 Å². The second kappa shape index (κ2) is 36.4. The first kappa shape index (κ1) is 77.2. The lowest BCUT2D eigenvalue weighted by molar-refractivity contribution is 0.0695. The molecule has 0 saturated heterocycles. The fourth-order valence-corrected chi connectivity index (χ4v) is 13.0. The molecule has 20 N–H and O–H groups in total. The molecule has 0 bridgehead atoms. The monoisotopic (exact) mass is 1500 g/mol. The molecule has 0 atom stereocenters. The van der Waals surface area contributed by atoms with Crippen LogP contribution in [-0.4, -0.2) is 140 Å². The van der Waals surface area contributed by atoms with E-state index in [0.29, 0.717) is 55.1 Å². The molecule has 0 fully saturated rings. The number of carbonyl (C=O) groups excluding carboxylic acids is 8. The summed E-state index contributed by atoms with van der Waals surface area (Å²) in [5, 5.41) is 52.4. The summed E-state index contributed by atoms with van der Waals surface area (Å²) in [6.45, 7) is 0. The Labute approximate surface area is 575 Å². The lowest BCUT2D eigenvalue weighted by atomic mass is 10.3. The molecule has 0 radical (unpaired) electrons. The largest absolute Gasteiger partial charge is 0.478 e. The van der Waals surface area contributed by atoms with Crippen molar-refractivity contribution in [2.24, 2.45) is 22.9 Å². The van der Waals surface area contributed by atoms with Gasteiger partial charge >= 0.3 is 5.97 Å². The first-order chi connectivity index (χ1) is 46.3. The number of aromatic amines is 5. The molecule has 0 unspecified atom stereocenters. The third-order valence-electron chi connectivity index (χ3n) is 11.4.